The van der Waals surface area contributed by atoms with E-state index in [2.05, 4.69) is 20.3 Å². The molecule has 7 nitrogen and oxygen atoms in total. The summed E-state index contributed by atoms with van der Waals surface area (Å²) in [6.07, 6.45) is 5.29. The van der Waals surface area contributed by atoms with Crippen LogP contribution < -0.4 is 5.32 Å². The van der Waals surface area contributed by atoms with Gasteiger partial charge in [0.15, 0.2) is 0 Å². The van der Waals surface area contributed by atoms with Gasteiger partial charge in [0.05, 0.1) is 12.2 Å². The van der Waals surface area contributed by atoms with Crippen LogP contribution in [0.25, 0.3) is 0 Å². The van der Waals surface area contributed by atoms with Crippen molar-refractivity contribution in [3.05, 3.63) is 36.9 Å². The molecule has 3 rings (SSSR count). The SMILES string of the molecule is CSc1ccccc1NC(=O)N1CCN(CCn2cncn2)CC1. The van der Waals surface area contributed by atoms with Crippen LogP contribution in [-0.4, -0.2) is 69.6 Å². The zero-order chi connectivity index (χ0) is 16.8. The van der Waals surface area contributed by atoms with Crippen LogP contribution in [0.15, 0.2) is 41.8 Å². The van der Waals surface area contributed by atoms with Crippen molar-refractivity contribution >= 4 is 23.5 Å². The van der Waals surface area contributed by atoms with Gasteiger partial charge in [0.1, 0.15) is 12.7 Å². The molecule has 1 aromatic carbocycles. The number of benzene rings is 1. The Labute approximate surface area is 146 Å². The van der Waals surface area contributed by atoms with Crippen LogP contribution >= 0.6 is 11.8 Å². The molecule has 1 fully saturated rings. The van der Waals surface area contributed by atoms with Crippen LogP contribution in [0.3, 0.4) is 0 Å². The van der Waals surface area contributed by atoms with Crippen LogP contribution in [0.1, 0.15) is 0 Å². The van der Waals surface area contributed by atoms with Crippen molar-refractivity contribution in [1.29, 1.82) is 0 Å². The maximum Gasteiger partial charge on any atom is 0.321 e. The van der Waals surface area contributed by atoms with Crippen LogP contribution in [0.2, 0.25) is 0 Å². The van der Waals surface area contributed by atoms with E-state index in [0.717, 1.165) is 49.9 Å². The molecule has 0 saturated carbocycles. The minimum atomic E-state index is -0.0209. The van der Waals surface area contributed by atoms with Gasteiger partial charge in [-0.2, -0.15) is 5.10 Å². The molecule has 1 aliphatic rings. The molecule has 1 saturated heterocycles. The summed E-state index contributed by atoms with van der Waals surface area (Å²) in [5, 5.41) is 7.13. The average molecular weight is 346 g/mol. The first-order chi connectivity index (χ1) is 11.8. The van der Waals surface area contributed by atoms with Crippen LogP contribution in [0.5, 0.6) is 0 Å². The number of amides is 2. The van der Waals surface area contributed by atoms with Crippen molar-refractivity contribution < 1.29 is 4.79 Å². The fraction of sp³-hybridized carbons (Fsp3) is 0.438. The van der Waals surface area contributed by atoms with Gasteiger partial charge < -0.3 is 10.2 Å². The number of nitrogens with zero attached hydrogens (tertiary/aromatic N) is 5. The second-order valence-corrected chi connectivity index (χ2v) is 6.47. The Balaban J connectivity index is 1.46. The third kappa shape index (κ3) is 4.27. The molecule has 1 N–H and O–H groups in total. The summed E-state index contributed by atoms with van der Waals surface area (Å²) in [5.41, 5.74) is 0.878. The molecule has 2 amide bonds. The minimum Gasteiger partial charge on any atom is -0.322 e. The molecule has 1 aromatic heterocycles. The summed E-state index contributed by atoms with van der Waals surface area (Å²) in [4.78, 5) is 21.7. The highest BCUT2D eigenvalue weighted by atomic mass is 32.2. The van der Waals surface area contributed by atoms with E-state index in [4.69, 9.17) is 0 Å². The lowest BCUT2D eigenvalue weighted by Crippen LogP contribution is -2.50. The van der Waals surface area contributed by atoms with Gasteiger partial charge in [-0.1, -0.05) is 12.1 Å². The lowest BCUT2D eigenvalue weighted by atomic mass is 10.3. The van der Waals surface area contributed by atoms with Gasteiger partial charge in [0.25, 0.3) is 0 Å². The highest BCUT2D eigenvalue weighted by Gasteiger charge is 2.21. The first-order valence-corrected chi connectivity index (χ1v) is 9.22. The van der Waals surface area contributed by atoms with Crippen molar-refractivity contribution in [3.8, 4) is 0 Å². The summed E-state index contributed by atoms with van der Waals surface area (Å²) in [6.45, 7) is 5.00. The number of aromatic nitrogens is 3. The molecule has 0 atom stereocenters. The van der Waals surface area contributed by atoms with Gasteiger partial charge in [-0.3, -0.25) is 9.58 Å². The zero-order valence-electron chi connectivity index (χ0n) is 13.8. The molecule has 128 valence electrons. The van der Waals surface area contributed by atoms with E-state index in [1.54, 1.807) is 24.4 Å². The van der Waals surface area contributed by atoms with Crippen molar-refractivity contribution in [2.45, 2.75) is 11.4 Å². The summed E-state index contributed by atoms with van der Waals surface area (Å²) < 4.78 is 1.83. The number of nitrogens with one attached hydrogen (secondary N) is 1. The largest absolute Gasteiger partial charge is 0.322 e. The zero-order valence-corrected chi connectivity index (χ0v) is 14.6. The average Bonchev–Trinajstić information content (AvgIpc) is 3.14. The van der Waals surface area contributed by atoms with Gasteiger partial charge in [-0.05, 0) is 18.4 Å². The number of hydrogen-bond acceptors (Lipinski definition) is 5. The van der Waals surface area contributed by atoms with Crippen molar-refractivity contribution in [2.75, 3.05) is 44.3 Å². The molecular weight excluding hydrogens is 324 g/mol. The number of hydrogen-bond donors (Lipinski definition) is 1. The second-order valence-electron chi connectivity index (χ2n) is 5.62. The van der Waals surface area contributed by atoms with Gasteiger partial charge in [0, 0.05) is 37.6 Å². The Hall–Kier alpha value is -2.06. The van der Waals surface area contributed by atoms with Gasteiger partial charge in [-0.25, -0.2) is 9.78 Å². The number of urea groups is 1. The molecule has 2 heterocycles. The predicted octanol–water partition coefficient (Wildman–Crippen LogP) is 1.85. The van der Waals surface area contributed by atoms with Crippen LogP contribution in [0.4, 0.5) is 10.5 Å². The molecule has 0 aliphatic carbocycles. The molecule has 0 unspecified atom stereocenters. The Bertz CT molecular complexity index is 654. The number of carbonyl (C=O) groups excluding carboxylic acids is 1. The second kappa shape index (κ2) is 8.16. The summed E-state index contributed by atoms with van der Waals surface area (Å²) in [6, 6.07) is 7.86. The van der Waals surface area contributed by atoms with E-state index < -0.39 is 0 Å². The third-order valence-electron chi connectivity index (χ3n) is 4.12. The molecule has 0 bridgehead atoms. The van der Waals surface area contributed by atoms with E-state index in [9.17, 15) is 4.79 Å². The molecule has 24 heavy (non-hydrogen) atoms. The Kier molecular flexibility index (Phi) is 5.71. The van der Waals surface area contributed by atoms with Crippen LogP contribution in [0, 0.1) is 0 Å². The standard InChI is InChI=1S/C16H22N6OS/c1-24-15-5-3-2-4-14(15)19-16(23)21-9-6-20(7-10-21)8-11-22-13-17-12-18-22/h2-5,12-13H,6-11H2,1H3,(H,19,23). The van der Waals surface area contributed by atoms with Crippen molar-refractivity contribution in [2.24, 2.45) is 0 Å². The number of anilines is 1. The lowest BCUT2D eigenvalue weighted by Gasteiger charge is -2.34. The molecular formula is C16H22N6OS. The maximum absolute atomic E-state index is 12.5. The van der Waals surface area contributed by atoms with Gasteiger partial charge >= 0.3 is 6.03 Å². The number of rotatable bonds is 5. The van der Waals surface area contributed by atoms with Gasteiger partial charge in [0.2, 0.25) is 0 Å². The molecule has 2 aromatic rings. The summed E-state index contributed by atoms with van der Waals surface area (Å²) in [7, 11) is 0. The molecule has 8 heteroatoms. The highest BCUT2D eigenvalue weighted by molar-refractivity contribution is 7.98. The predicted molar refractivity (Wildman–Crippen MR) is 95.3 cm³/mol. The topological polar surface area (TPSA) is 66.3 Å². The first kappa shape index (κ1) is 16.8. The lowest BCUT2D eigenvalue weighted by molar-refractivity contribution is 0.143. The van der Waals surface area contributed by atoms with E-state index in [1.165, 1.54) is 0 Å². The molecule has 1 aliphatic heterocycles. The maximum atomic E-state index is 12.5. The normalized spacial score (nSPS) is 15.5. The molecule has 0 spiro atoms. The van der Waals surface area contributed by atoms with E-state index in [-0.39, 0.29) is 6.03 Å². The smallest absolute Gasteiger partial charge is 0.321 e. The van der Waals surface area contributed by atoms with Crippen molar-refractivity contribution in [3.63, 3.8) is 0 Å². The first-order valence-electron chi connectivity index (χ1n) is 8.00. The third-order valence-corrected chi connectivity index (χ3v) is 4.92. The Morgan fingerprint density at radius 3 is 2.71 bits per heavy atom. The Morgan fingerprint density at radius 2 is 2.00 bits per heavy atom. The quantitative estimate of drug-likeness (QED) is 0.837. The monoisotopic (exact) mass is 346 g/mol. The van der Waals surface area contributed by atoms with Gasteiger partial charge in [-0.15, -0.1) is 11.8 Å². The fourth-order valence-corrected chi connectivity index (χ4v) is 3.26. The number of para-hydroxylation sites is 1. The molecule has 0 radical (unpaired) electrons. The number of piperazine rings is 1. The minimum absolute atomic E-state index is 0.0209. The number of thioether (sulfide) groups is 1. The number of carbonyl (C=O) groups is 1. The van der Waals surface area contributed by atoms with E-state index in [1.807, 2.05) is 40.1 Å². The highest BCUT2D eigenvalue weighted by Crippen LogP contribution is 2.24. The summed E-state index contributed by atoms with van der Waals surface area (Å²) >= 11 is 1.63. The Morgan fingerprint density at radius 1 is 1.21 bits per heavy atom. The van der Waals surface area contributed by atoms with E-state index in [0.29, 0.717) is 0 Å². The summed E-state index contributed by atoms with van der Waals surface area (Å²) in [5.74, 6) is 0. The van der Waals surface area contributed by atoms with Crippen molar-refractivity contribution in [1.82, 2.24) is 24.6 Å². The fourth-order valence-electron chi connectivity index (χ4n) is 2.71. The van der Waals surface area contributed by atoms with Crippen LogP contribution in [-0.2, 0) is 6.54 Å². The van der Waals surface area contributed by atoms with E-state index >= 15 is 0 Å².